The van der Waals surface area contributed by atoms with Crippen LogP contribution in [0.15, 0.2) is 18.2 Å². The Morgan fingerprint density at radius 3 is 2.34 bits per heavy atom. The number of likely N-dealkylation sites (N-methyl/N-ethyl adjacent to an activating group) is 1. The van der Waals surface area contributed by atoms with Gasteiger partial charge in [0.25, 0.3) is 0 Å². The zero-order chi connectivity index (χ0) is 21.1. The molecule has 1 N–H and O–H groups in total. The molecule has 1 heterocycles. The second-order valence-corrected chi connectivity index (χ2v) is 9.28. The first-order chi connectivity index (χ1) is 14.0. The van der Waals surface area contributed by atoms with Crippen molar-refractivity contribution in [1.29, 1.82) is 0 Å². The van der Waals surface area contributed by atoms with Gasteiger partial charge in [0, 0.05) is 18.4 Å². The van der Waals surface area contributed by atoms with Gasteiger partial charge in [-0.25, -0.2) is 0 Å². The van der Waals surface area contributed by atoms with Crippen LogP contribution in [-0.4, -0.2) is 36.5 Å². The van der Waals surface area contributed by atoms with Gasteiger partial charge in [0.1, 0.15) is 5.75 Å². The molecule has 0 unspecified atom stereocenters. The fraction of sp³-hybridized carbons (Fsp3) is 0.625. The third kappa shape index (κ3) is 8.28. The standard InChI is InChI=1S/C24H37IN2O2/c1-4-5-6-7-8-9-10-11-12-16-22(28)29-21-15-13-14-20-23(21)19(24(25)26-20)17-18-27(2)3/h13-15,26H,4-12,16-18H2,1-3H3. The maximum absolute atomic E-state index is 12.4. The van der Waals surface area contributed by atoms with E-state index in [-0.39, 0.29) is 5.97 Å². The molecule has 0 bridgehead atoms. The number of hydrogen-bond acceptors (Lipinski definition) is 3. The average Bonchev–Trinajstić information content (AvgIpc) is 3.01. The summed E-state index contributed by atoms with van der Waals surface area (Å²) >= 11 is 2.34. The first-order valence-corrected chi connectivity index (χ1v) is 12.2. The van der Waals surface area contributed by atoms with E-state index in [2.05, 4.69) is 59.6 Å². The van der Waals surface area contributed by atoms with Crippen LogP contribution in [0.4, 0.5) is 0 Å². The van der Waals surface area contributed by atoms with Gasteiger partial charge >= 0.3 is 5.97 Å². The monoisotopic (exact) mass is 512 g/mol. The highest BCUT2D eigenvalue weighted by atomic mass is 127. The number of H-pyrrole nitrogens is 1. The molecule has 2 rings (SSSR count). The third-order valence-corrected chi connectivity index (χ3v) is 6.28. The summed E-state index contributed by atoms with van der Waals surface area (Å²) in [6.07, 6.45) is 12.7. The molecular weight excluding hydrogens is 475 g/mol. The highest BCUT2D eigenvalue weighted by Crippen LogP contribution is 2.32. The Morgan fingerprint density at radius 1 is 1.03 bits per heavy atom. The molecule has 0 amide bonds. The van der Waals surface area contributed by atoms with E-state index in [9.17, 15) is 4.79 Å². The maximum atomic E-state index is 12.4. The highest BCUT2D eigenvalue weighted by molar-refractivity contribution is 14.1. The lowest BCUT2D eigenvalue weighted by molar-refractivity contribution is -0.134. The molecule has 1 aromatic heterocycles. The summed E-state index contributed by atoms with van der Waals surface area (Å²) in [7, 11) is 4.15. The summed E-state index contributed by atoms with van der Waals surface area (Å²) in [6.45, 7) is 3.21. The van der Waals surface area contributed by atoms with E-state index in [1.165, 1.54) is 50.5 Å². The van der Waals surface area contributed by atoms with Crippen LogP contribution in [0.5, 0.6) is 5.75 Å². The van der Waals surface area contributed by atoms with Gasteiger partial charge in [0.2, 0.25) is 0 Å². The number of carbonyl (C=O) groups excluding carboxylic acids is 1. The van der Waals surface area contributed by atoms with Crippen LogP contribution in [0.2, 0.25) is 0 Å². The summed E-state index contributed by atoms with van der Waals surface area (Å²) in [6, 6.07) is 5.92. The van der Waals surface area contributed by atoms with Gasteiger partial charge in [-0.2, -0.15) is 0 Å². The molecule has 0 saturated carbocycles. The number of esters is 1. The van der Waals surface area contributed by atoms with E-state index in [1.807, 2.05) is 12.1 Å². The highest BCUT2D eigenvalue weighted by Gasteiger charge is 2.16. The van der Waals surface area contributed by atoms with Gasteiger partial charge in [0.15, 0.2) is 0 Å². The molecule has 29 heavy (non-hydrogen) atoms. The van der Waals surface area contributed by atoms with Gasteiger partial charge in [-0.05, 0) is 67.2 Å². The first-order valence-electron chi connectivity index (χ1n) is 11.2. The fourth-order valence-electron chi connectivity index (χ4n) is 3.66. The Morgan fingerprint density at radius 2 is 1.69 bits per heavy atom. The molecule has 4 nitrogen and oxygen atoms in total. The molecule has 1 aromatic carbocycles. The number of rotatable bonds is 14. The number of aromatic amines is 1. The average molecular weight is 512 g/mol. The van der Waals surface area contributed by atoms with Crippen LogP contribution < -0.4 is 4.74 Å². The molecule has 0 radical (unpaired) electrons. The van der Waals surface area contributed by atoms with Crippen molar-refractivity contribution >= 4 is 39.5 Å². The van der Waals surface area contributed by atoms with E-state index in [0.717, 1.165) is 40.4 Å². The number of unbranched alkanes of at least 4 members (excludes halogenated alkanes) is 8. The Balaban J connectivity index is 1.82. The lowest BCUT2D eigenvalue weighted by Crippen LogP contribution is -2.15. The number of halogens is 1. The van der Waals surface area contributed by atoms with E-state index < -0.39 is 0 Å². The Kier molecular flexibility index (Phi) is 11.1. The number of nitrogens with one attached hydrogen (secondary N) is 1. The molecule has 5 heteroatoms. The lowest BCUT2D eigenvalue weighted by Gasteiger charge is -2.11. The second kappa shape index (κ2) is 13.3. The number of aromatic nitrogens is 1. The number of fused-ring (bicyclic) bond motifs is 1. The van der Waals surface area contributed by atoms with Gasteiger partial charge in [-0.15, -0.1) is 0 Å². The Hall–Kier alpha value is -1.08. The fourth-order valence-corrected chi connectivity index (χ4v) is 4.49. The van der Waals surface area contributed by atoms with E-state index in [1.54, 1.807) is 0 Å². The summed E-state index contributed by atoms with van der Waals surface area (Å²) in [5.74, 6) is 0.576. The zero-order valence-corrected chi connectivity index (χ0v) is 20.5. The normalized spacial score (nSPS) is 11.5. The zero-order valence-electron chi connectivity index (χ0n) is 18.4. The lowest BCUT2D eigenvalue weighted by atomic mass is 10.1. The van der Waals surface area contributed by atoms with E-state index >= 15 is 0 Å². The minimum Gasteiger partial charge on any atom is -0.426 e. The summed E-state index contributed by atoms with van der Waals surface area (Å²) in [5.41, 5.74) is 2.28. The van der Waals surface area contributed by atoms with Crippen molar-refractivity contribution in [3.63, 3.8) is 0 Å². The van der Waals surface area contributed by atoms with Crippen molar-refractivity contribution in [2.75, 3.05) is 20.6 Å². The molecule has 0 saturated heterocycles. The van der Waals surface area contributed by atoms with Crippen LogP contribution in [-0.2, 0) is 11.2 Å². The number of hydrogen-bond donors (Lipinski definition) is 1. The van der Waals surface area contributed by atoms with Gasteiger partial charge < -0.3 is 14.6 Å². The number of carbonyl (C=O) groups is 1. The predicted molar refractivity (Wildman–Crippen MR) is 131 cm³/mol. The quantitative estimate of drug-likeness (QED) is 0.133. The van der Waals surface area contributed by atoms with Crippen molar-refractivity contribution in [2.45, 2.75) is 77.6 Å². The van der Waals surface area contributed by atoms with Crippen LogP contribution in [0.25, 0.3) is 10.9 Å². The third-order valence-electron chi connectivity index (χ3n) is 5.35. The van der Waals surface area contributed by atoms with Gasteiger partial charge in [0.05, 0.1) is 9.22 Å². The second-order valence-electron chi connectivity index (χ2n) is 8.20. The first kappa shape index (κ1) is 24.2. The van der Waals surface area contributed by atoms with Crippen LogP contribution in [0, 0.1) is 3.70 Å². The van der Waals surface area contributed by atoms with Crippen LogP contribution in [0.3, 0.4) is 0 Å². The van der Waals surface area contributed by atoms with Gasteiger partial charge in [-0.3, -0.25) is 4.79 Å². The number of ether oxygens (including phenoxy) is 1. The molecule has 0 spiro atoms. The molecule has 0 aliphatic heterocycles. The molecule has 162 valence electrons. The minimum atomic E-state index is -0.116. The SMILES string of the molecule is CCCCCCCCCCCC(=O)Oc1cccc2[nH]c(I)c(CCN(C)C)c12. The minimum absolute atomic E-state index is 0.116. The number of nitrogens with zero attached hydrogens (tertiary/aromatic N) is 1. The van der Waals surface area contributed by atoms with Crippen molar-refractivity contribution in [1.82, 2.24) is 9.88 Å². The molecular formula is C24H37IN2O2. The molecule has 0 atom stereocenters. The number of benzene rings is 1. The summed E-state index contributed by atoms with van der Waals surface area (Å²) in [4.78, 5) is 18.0. The van der Waals surface area contributed by atoms with Crippen molar-refractivity contribution in [2.24, 2.45) is 0 Å². The van der Waals surface area contributed by atoms with Gasteiger partial charge in [-0.1, -0.05) is 64.4 Å². The smallest absolute Gasteiger partial charge is 0.311 e. The van der Waals surface area contributed by atoms with Crippen LogP contribution in [0.1, 0.15) is 76.7 Å². The largest absolute Gasteiger partial charge is 0.426 e. The maximum Gasteiger partial charge on any atom is 0.311 e. The summed E-state index contributed by atoms with van der Waals surface area (Å²) < 4.78 is 6.91. The molecule has 0 aliphatic rings. The van der Waals surface area contributed by atoms with E-state index in [0.29, 0.717) is 12.2 Å². The Labute approximate surface area is 189 Å². The van der Waals surface area contributed by atoms with Crippen molar-refractivity contribution in [3.8, 4) is 5.75 Å². The predicted octanol–water partition coefficient (Wildman–Crippen LogP) is 6.70. The molecule has 0 aliphatic carbocycles. The topological polar surface area (TPSA) is 45.3 Å². The van der Waals surface area contributed by atoms with Crippen molar-refractivity contribution in [3.05, 3.63) is 27.5 Å². The van der Waals surface area contributed by atoms with Crippen molar-refractivity contribution < 1.29 is 9.53 Å². The summed E-state index contributed by atoms with van der Waals surface area (Å²) in [5, 5.41) is 1.05. The molecule has 2 aromatic rings. The molecule has 0 fully saturated rings. The van der Waals surface area contributed by atoms with Crippen LogP contribution >= 0.6 is 22.6 Å². The Bertz CT molecular complexity index is 755. The van der Waals surface area contributed by atoms with E-state index in [4.69, 9.17) is 4.74 Å².